The van der Waals surface area contributed by atoms with Crippen LogP contribution in [0.25, 0.3) is 0 Å². The van der Waals surface area contributed by atoms with Crippen LogP contribution in [0.4, 0.5) is 0 Å². The van der Waals surface area contributed by atoms with Gasteiger partial charge in [0.2, 0.25) is 6.41 Å². The van der Waals surface area contributed by atoms with E-state index in [0.29, 0.717) is 19.4 Å². The molecule has 0 rings (SSSR count). The first kappa shape index (κ1) is 25.2. The Morgan fingerprint density at radius 3 is 2.21 bits per heavy atom. The number of amides is 1. The first-order valence-corrected chi connectivity index (χ1v) is 8.77. The molecule has 1 amide bonds. The van der Waals surface area contributed by atoms with Crippen molar-refractivity contribution in [3.63, 3.8) is 0 Å². The number of nitrogens with two attached hydrogens (primary N) is 1. The van der Waals surface area contributed by atoms with Crippen LogP contribution in [-0.4, -0.2) is 71.8 Å². The number of hydrogen-bond donors (Lipinski definition) is 3. The Bertz CT molecular complexity index is 300. The number of carbonyl (C=O) groups excluding carboxylic acids is 2. The fraction of sp³-hybridized carbons (Fsp3) is 0.882. The molecule has 24 heavy (non-hydrogen) atoms. The summed E-state index contributed by atoms with van der Waals surface area (Å²) in [5.74, 6) is 0.0129. The SMILES string of the molecule is CC(C)C(=O)C(N)CCNC=O.CCCOCCOCC[NH+](C)C. The molecule has 0 fully saturated rings. The Morgan fingerprint density at radius 2 is 1.75 bits per heavy atom. The van der Waals surface area contributed by atoms with Crippen LogP contribution in [0.1, 0.15) is 33.6 Å². The highest BCUT2D eigenvalue weighted by atomic mass is 16.5. The molecule has 0 heterocycles. The Balaban J connectivity index is 0. The van der Waals surface area contributed by atoms with Gasteiger partial charge in [-0.1, -0.05) is 20.8 Å². The van der Waals surface area contributed by atoms with E-state index in [0.717, 1.165) is 39.4 Å². The van der Waals surface area contributed by atoms with Crippen molar-refractivity contribution in [3.05, 3.63) is 0 Å². The molecule has 0 aromatic rings. The average molecular weight is 349 g/mol. The first-order chi connectivity index (χ1) is 11.4. The maximum atomic E-state index is 11.2. The monoisotopic (exact) mass is 348 g/mol. The van der Waals surface area contributed by atoms with Crippen molar-refractivity contribution in [2.24, 2.45) is 11.7 Å². The summed E-state index contributed by atoms with van der Waals surface area (Å²) in [4.78, 5) is 22.5. The van der Waals surface area contributed by atoms with Gasteiger partial charge in [0.05, 0.1) is 40.0 Å². The zero-order valence-corrected chi connectivity index (χ0v) is 16.1. The number of ether oxygens (including phenoxy) is 2. The lowest BCUT2D eigenvalue weighted by Crippen LogP contribution is -3.06. The molecule has 1 unspecified atom stereocenters. The molecule has 7 heteroatoms. The largest absolute Gasteiger partial charge is 0.379 e. The molecule has 0 aliphatic heterocycles. The van der Waals surface area contributed by atoms with Crippen LogP contribution in [0.3, 0.4) is 0 Å². The fourth-order valence-electron chi connectivity index (χ4n) is 1.61. The summed E-state index contributed by atoms with van der Waals surface area (Å²) in [5, 5.41) is 2.46. The second-order valence-electron chi connectivity index (χ2n) is 6.21. The highest BCUT2D eigenvalue weighted by Crippen LogP contribution is 2.00. The summed E-state index contributed by atoms with van der Waals surface area (Å²) in [7, 11) is 4.24. The molecule has 4 N–H and O–H groups in total. The van der Waals surface area contributed by atoms with E-state index in [1.807, 2.05) is 13.8 Å². The number of likely N-dealkylation sites (N-methyl/N-ethyl adjacent to an activating group) is 1. The molecule has 0 radical (unpaired) electrons. The fourth-order valence-corrected chi connectivity index (χ4v) is 1.61. The van der Waals surface area contributed by atoms with Crippen molar-refractivity contribution in [3.8, 4) is 0 Å². The van der Waals surface area contributed by atoms with Crippen molar-refractivity contribution in [1.82, 2.24) is 5.32 Å². The van der Waals surface area contributed by atoms with E-state index in [2.05, 4.69) is 26.3 Å². The molecule has 0 aromatic heterocycles. The van der Waals surface area contributed by atoms with Crippen molar-refractivity contribution >= 4 is 12.2 Å². The number of Topliss-reactive ketones (excluding diaryl/α,β-unsaturated/α-hetero) is 1. The molecule has 0 aliphatic carbocycles. The van der Waals surface area contributed by atoms with Crippen molar-refractivity contribution < 1.29 is 24.0 Å². The molecule has 1 atom stereocenters. The Hall–Kier alpha value is -1.02. The smallest absolute Gasteiger partial charge is 0.207 e. The van der Waals surface area contributed by atoms with Gasteiger partial charge in [-0.25, -0.2) is 0 Å². The third-order valence-electron chi connectivity index (χ3n) is 3.08. The summed E-state index contributed by atoms with van der Waals surface area (Å²) in [6, 6.07) is -0.447. The summed E-state index contributed by atoms with van der Waals surface area (Å²) in [6.07, 6.45) is 2.20. The van der Waals surface area contributed by atoms with E-state index in [9.17, 15) is 9.59 Å². The van der Waals surface area contributed by atoms with Crippen LogP contribution in [-0.2, 0) is 19.1 Å². The van der Waals surface area contributed by atoms with Crippen LogP contribution in [0, 0.1) is 5.92 Å². The minimum atomic E-state index is -0.447. The van der Waals surface area contributed by atoms with Gasteiger partial charge < -0.3 is 25.4 Å². The van der Waals surface area contributed by atoms with Crippen LogP contribution in [0.5, 0.6) is 0 Å². The number of nitrogens with one attached hydrogen (secondary N) is 2. The van der Waals surface area contributed by atoms with Gasteiger partial charge in [-0.2, -0.15) is 0 Å². The Kier molecular flexibility index (Phi) is 19.3. The number of carbonyl (C=O) groups is 2. The van der Waals surface area contributed by atoms with Gasteiger partial charge in [0.15, 0.2) is 5.78 Å². The maximum absolute atomic E-state index is 11.2. The summed E-state index contributed by atoms with van der Waals surface area (Å²) in [6.45, 7) is 10.4. The number of ketones is 1. The van der Waals surface area contributed by atoms with Crippen LogP contribution >= 0.6 is 0 Å². The molecule has 0 bridgehead atoms. The molecule has 0 aliphatic rings. The highest BCUT2D eigenvalue weighted by molar-refractivity contribution is 5.85. The van der Waals surface area contributed by atoms with E-state index in [-0.39, 0.29) is 11.7 Å². The van der Waals surface area contributed by atoms with Gasteiger partial charge in [-0.15, -0.1) is 0 Å². The average Bonchev–Trinajstić information content (AvgIpc) is 2.53. The van der Waals surface area contributed by atoms with E-state index in [1.54, 1.807) is 0 Å². The molecular weight excluding hydrogens is 310 g/mol. The minimum Gasteiger partial charge on any atom is -0.379 e. The summed E-state index contributed by atoms with van der Waals surface area (Å²) in [5.41, 5.74) is 5.55. The first-order valence-electron chi connectivity index (χ1n) is 8.77. The van der Waals surface area contributed by atoms with Crippen molar-refractivity contribution in [2.45, 2.75) is 39.7 Å². The molecule has 0 saturated carbocycles. The predicted molar refractivity (Wildman–Crippen MR) is 96.1 cm³/mol. The van der Waals surface area contributed by atoms with Gasteiger partial charge in [0, 0.05) is 19.1 Å². The normalized spacial score (nSPS) is 11.8. The second-order valence-corrected chi connectivity index (χ2v) is 6.21. The molecule has 0 spiro atoms. The van der Waals surface area contributed by atoms with Gasteiger partial charge in [-0.3, -0.25) is 9.59 Å². The van der Waals surface area contributed by atoms with Crippen LogP contribution in [0.15, 0.2) is 0 Å². The van der Waals surface area contributed by atoms with Crippen molar-refractivity contribution in [2.75, 3.05) is 53.6 Å². The second kappa shape index (κ2) is 18.3. The lowest BCUT2D eigenvalue weighted by molar-refractivity contribution is -0.858. The van der Waals surface area contributed by atoms with Gasteiger partial charge in [0.25, 0.3) is 0 Å². The molecular formula is C17H38N3O4+. The van der Waals surface area contributed by atoms with Gasteiger partial charge in [0.1, 0.15) is 6.54 Å². The molecule has 7 nitrogen and oxygen atoms in total. The molecule has 144 valence electrons. The van der Waals surface area contributed by atoms with Crippen molar-refractivity contribution in [1.29, 1.82) is 0 Å². The quantitative estimate of drug-likeness (QED) is 0.284. The van der Waals surface area contributed by atoms with Gasteiger partial charge in [-0.05, 0) is 12.8 Å². The topological polar surface area (TPSA) is 95.1 Å². The standard InChI is InChI=1S/C9H21NO2.C8H16N2O2/c1-4-6-11-8-9-12-7-5-10(2)3;1-6(2)8(12)7(9)3-4-10-5-11/h4-9H2,1-3H3;5-7H,3-4,9H2,1-2H3,(H,10,11)/p+1. The summed E-state index contributed by atoms with van der Waals surface area (Å²) >= 11 is 0. The third-order valence-corrected chi connectivity index (χ3v) is 3.08. The number of rotatable bonds is 14. The van der Waals surface area contributed by atoms with Crippen LogP contribution < -0.4 is 16.0 Å². The number of quaternary nitrogens is 1. The van der Waals surface area contributed by atoms with Crippen LogP contribution in [0.2, 0.25) is 0 Å². The lowest BCUT2D eigenvalue weighted by atomic mass is 10.0. The zero-order valence-electron chi connectivity index (χ0n) is 16.1. The van der Waals surface area contributed by atoms with E-state index in [4.69, 9.17) is 15.2 Å². The molecule has 0 saturated heterocycles. The van der Waals surface area contributed by atoms with E-state index < -0.39 is 6.04 Å². The van der Waals surface area contributed by atoms with E-state index in [1.165, 1.54) is 4.90 Å². The maximum Gasteiger partial charge on any atom is 0.207 e. The zero-order chi connectivity index (χ0) is 18.8. The Morgan fingerprint density at radius 1 is 1.17 bits per heavy atom. The number of hydrogen-bond acceptors (Lipinski definition) is 5. The third kappa shape index (κ3) is 19.0. The summed E-state index contributed by atoms with van der Waals surface area (Å²) < 4.78 is 10.6. The lowest BCUT2D eigenvalue weighted by Gasteiger charge is -2.11. The highest BCUT2D eigenvalue weighted by Gasteiger charge is 2.15. The van der Waals surface area contributed by atoms with E-state index >= 15 is 0 Å². The predicted octanol–water partition coefficient (Wildman–Crippen LogP) is -0.751. The Labute approximate surface area is 147 Å². The minimum absolute atomic E-state index is 0.0313. The van der Waals surface area contributed by atoms with Gasteiger partial charge >= 0.3 is 0 Å². The molecule has 0 aromatic carbocycles.